The molecule has 0 spiro atoms. The van der Waals surface area contributed by atoms with Gasteiger partial charge in [0.05, 0.1) is 48.8 Å². The first-order valence-electron chi connectivity index (χ1n) is 43.9. The Labute approximate surface area is 776 Å². The number of nitrogens with one attached hydrogen (secondary N) is 10. The molecule has 1 aromatic heterocycles. The smallest absolute Gasteiger partial charge is 0.325 e. The summed E-state index contributed by atoms with van der Waals surface area (Å²) in [5.41, 5.74) is 16.3. The lowest BCUT2D eigenvalue weighted by Gasteiger charge is -2.33. The summed E-state index contributed by atoms with van der Waals surface area (Å²) in [5, 5.41) is 95.7. The molecule has 0 radical (unpaired) electrons. The molecule has 13 rings (SSSR count). The molecule has 6 aromatic rings. The van der Waals surface area contributed by atoms with Crippen molar-refractivity contribution in [1.29, 1.82) is 5.41 Å². The number of guanidine groups is 1. The Morgan fingerprint density at radius 2 is 1.01 bits per heavy atom. The van der Waals surface area contributed by atoms with Gasteiger partial charge in [-0.05, 0) is 131 Å². The molecule has 10 bridgehead atoms. The number of aliphatic hydroxyl groups excluding tert-OH is 3. The summed E-state index contributed by atoms with van der Waals surface area (Å²) in [6.45, 7) is 7.29. The van der Waals surface area contributed by atoms with Gasteiger partial charge >= 0.3 is 5.97 Å². The monoisotopic (exact) mass is 1880 g/mol. The zero-order valence-electron chi connectivity index (χ0n) is 74.2. The Bertz CT molecular complexity index is 5120. The summed E-state index contributed by atoms with van der Waals surface area (Å²) >= 11 is 3.75. The maximum absolute atomic E-state index is 15.7. The number of Topliss-reactive ketones (excluding diaryl/α,β-unsaturated/α-hetero) is 3. The number of aromatic hydroxyl groups is 2. The zero-order valence-corrected chi connectivity index (χ0v) is 76.7. The Kier molecular flexibility index (Phi) is 37.5. The molecule has 0 saturated carbocycles. The van der Waals surface area contributed by atoms with Crippen molar-refractivity contribution in [2.24, 2.45) is 35.1 Å². The third kappa shape index (κ3) is 28.8. The molecule has 10 amide bonds. The van der Waals surface area contributed by atoms with E-state index in [2.05, 4.69) is 47.9 Å². The number of hydrogen-bond donors (Lipinski definition) is 18. The number of rotatable bonds is 17. The number of fused-ring (bicyclic) bond motifs is 18. The number of nitrogens with two attached hydrogens (primary N) is 2. The van der Waals surface area contributed by atoms with Crippen LogP contribution in [-0.2, 0) is 97.2 Å². The lowest BCUT2D eigenvalue weighted by Crippen LogP contribution is -2.62. The molecule has 132 heavy (non-hydrogen) atoms. The number of phenols is 2. The number of aliphatic carboxylic acids is 1. The lowest BCUT2D eigenvalue weighted by molar-refractivity contribution is -0.148. The molecule has 7 aliphatic heterocycles. The number of aliphatic hydroxyl groups is 3. The molecule has 37 nitrogen and oxygen atoms in total. The van der Waals surface area contributed by atoms with Crippen LogP contribution in [0.5, 0.6) is 11.5 Å². The van der Waals surface area contributed by atoms with Crippen molar-refractivity contribution in [3.63, 3.8) is 0 Å². The largest absolute Gasteiger partial charge is 0.508 e. The molecule has 708 valence electrons. The minimum Gasteiger partial charge on any atom is -0.508 e. The SMILES string of the molecule is CC(N)C(=O)NC1CSCc2ccc(cc2)-c2nc3nc(n2)-c2ccc(cc2)CSCC(C(=O)NC(C)C(=O)O)NC(=O)C(C(C)C)NC(=O)C(C(C)O)NC(=O)C(Cc2ccc(O)cc2)NC(=O)C2CCCN2C(=O)C2CCCN2C(=O)C(CSCc2ccc-3cc2)CC(=O)C(CO)NC(=O)C(C(C)O)CC(=O)C(Cc2ccc(O)cc2)NC(=O)C(CCCNC(=N)N)CC1=O. The van der Waals surface area contributed by atoms with E-state index < -0.39 is 211 Å². The van der Waals surface area contributed by atoms with Crippen LogP contribution in [0.15, 0.2) is 121 Å². The first-order chi connectivity index (χ1) is 62.9. The van der Waals surface area contributed by atoms with Gasteiger partial charge in [0.2, 0.25) is 59.1 Å². The van der Waals surface area contributed by atoms with Gasteiger partial charge < -0.3 is 99.8 Å². The molecule has 2 saturated heterocycles. The van der Waals surface area contributed by atoms with Gasteiger partial charge in [-0.1, -0.05) is 111 Å². The Balaban J connectivity index is 1.06. The van der Waals surface area contributed by atoms with E-state index in [4.69, 9.17) is 31.8 Å². The fourth-order valence-electron chi connectivity index (χ4n) is 15.7. The Morgan fingerprint density at radius 3 is 1.51 bits per heavy atom. The highest BCUT2D eigenvalue weighted by Gasteiger charge is 2.46. The van der Waals surface area contributed by atoms with E-state index in [0.717, 1.165) is 16.7 Å². The highest BCUT2D eigenvalue weighted by atomic mass is 32.2. The van der Waals surface area contributed by atoms with E-state index in [-0.39, 0.29) is 140 Å². The number of carboxylic acids is 1. The third-order valence-corrected chi connectivity index (χ3v) is 26.8. The third-order valence-electron chi connectivity index (χ3n) is 23.4. The maximum atomic E-state index is 15.7. The number of thioether (sulfide) groups is 3. The number of aromatic nitrogens is 3. The average Bonchev–Trinajstić information content (AvgIpc) is 1.68. The number of nitrogens with zero attached hydrogens (tertiary/aromatic N) is 5. The first kappa shape index (κ1) is 102. The van der Waals surface area contributed by atoms with Gasteiger partial charge in [0, 0.05) is 102 Å². The van der Waals surface area contributed by atoms with Gasteiger partial charge in [-0.3, -0.25) is 72.5 Å². The average molecular weight is 1880 g/mol. The van der Waals surface area contributed by atoms with Gasteiger partial charge in [-0.25, -0.2) is 15.0 Å². The van der Waals surface area contributed by atoms with E-state index >= 15 is 19.2 Å². The fraction of sp³-hybridized carbons (Fsp3) is 0.478. The number of hydrogen-bond acceptors (Lipinski definition) is 27. The number of ketones is 3. The molecule has 0 aliphatic carbocycles. The van der Waals surface area contributed by atoms with Crippen LogP contribution < -0.4 is 59.3 Å². The van der Waals surface area contributed by atoms with Crippen LogP contribution in [0.3, 0.4) is 0 Å². The maximum Gasteiger partial charge on any atom is 0.325 e. The van der Waals surface area contributed by atoms with Gasteiger partial charge in [0.1, 0.15) is 59.8 Å². The number of carbonyl (C=O) groups is 14. The van der Waals surface area contributed by atoms with Gasteiger partial charge in [0.15, 0.2) is 40.8 Å². The minimum absolute atomic E-state index is 0.00210. The number of carboxylic acid groups (broad SMARTS) is 1. The van der Waals surface area contributed by atoms with Crippen molar-refractivity contribution in [3.8, 4) is 45.7 Å². The van der Waals surface area contributed by atoms with Crippen LogP contribution in [0.1, 0.15) is 127 Å². The highest BCUT2D eigenvalue weighted by Crippen LogP contribution is 2.33. The normalized spacial score (nSPS) is 24.2. The molecular weight excluding hydrogens is 1760 g/mol. The molecule has 20 N–H and O–H groups in total. The predicted octanol–water partition coefficient (Wildman–Crippen LogP) is 2.21. The molecule has 7 aliphatic rings. The Morgan fingerprint density at radius 1 is 0.530 bits per heavy atom. The standard InChI is InChI=1S/C92H117N17O20S3/c1-48(2)76-87(124)102-70(85(122)97-50(4)91(128)129)47-132-44-57-17-27-60(28-18-57)80-106-78-58-23-13-55(14-24-58)42-130-45-62(89(126)109-35-9-12-72(109)90(127)108-34-8-11-71(108)86(123)99-67(37-54-21-31-64(114)32-22-54)84(121)104-77(52(6)112)88(125)103-76)39-73(115)68(41-110)100-83(120)65(51(5)111)40-75(117)66(36-53-19-29-63(113)30-20-53)98-82(119)61(10-7-33-96-92(94)95)38-74(116)69(101-81(118)49(3)93)46-131-43-56-15-25-59(26-16-56)79(105-78)107-80/h13-32,48-52,61-62,65-72,76-77,110-114H,7-12,33-47,93H2,1-6H3,(H,97,122)(H,98,119)(H,99,123)(H,100,120)(H,101,118)(H,102,124)(H,103,125)(H,104,121)(H,128,129)(H4,94,95,96). The molecule has 8 heterocycles. The van der Waals surface area contributed by atoms with Crippen LogP contribution in [-0.4, -0.2) is 266 Å². The van der Waals surface area contributed by atoms with Crippen molar-refractivity contribution >= 4 is 124 Å². The van der Waals surface area contributed by atoms with E-state index in [1.54, 1.807) is 62.4 Å². The van der Waals surface area contributed by atoms with E-state index in [1.807, 2.05) is 24.3 Å². The molecule has 2 fully saturated rings. The second kappa shape index (κ2) is 48.4. The predicted molar refractivity (Wildman–Crippen MR) is 494 cm³/mol. The topological polar surface area (TPSA) is 590 Å². The summed E-state index contributed by atoms with van der Waals surface area (Å²) in [6.07, 6.45) is -4.97. The second-order valence-corrected chi connectivity index (χ2v) is 37.2. The van der Waals surface area contributed by atoms with Gasteiger partial charge in [0.25, 0.3) is 0 Å². The van der Waals surface area contributed by atoms with E-state index in [0.29, 0.717) is 27.8 Å². The quantitative estimate of drug-likeness (QED) is 0.0269. The molecule has 40 heteroatoms. The summed E-state index contributed by atoms with van der Waals surface area (Å²) in [6, 6.07) is 17.3. The number of benzene rings is 5. The highest BCUT2D eigenvalue weighted by molar-refractivity contribution is 7.99. The number of carbonyl (C=O) groups excluding carboxylic acids is 13. The molecular formula is C92H117N17O20S3. The van der Waals surface area contributed by atoms with Crippen LogP contribution in [0.25, 0.3) is 34.2 Å². The number of phenolic OH excluding ortho intramolecular Hbond substituents is 2. The lowest BCUT2D eigenvalue weighted by atomic mass is 9.89. The van der Waals surface area contributed by atoms with Crippen LogP contribution in [0.4, 0.5) is 0 Å². The van der Waals surface area contributed by atoms with E-state index in [9.17, 15) is 78.6 Å². The van der Waals surface area contributed by atoms with Crippen molar-refractivity contribution in [3.05, 3.63) is 149 Å². The van der Waals surface area contributed by atoms with Crippen molar-refractivity contribution in [1.82, 2.24) is 72.6 Å². The van der Waals surface area contributed by atoms with Crippen molar-refractivity contribution < 1.29 is 97.8 Å². The molecule has 5 aromatic carbocycles. The second-order valence-electron chi connectivity index (χ2n) is 34.1. The van der Waals surface area contributed by atoms with Crippen molar-refractivity contribution in [2.75, 3.05) is 43.5 Å². The first-order valence-corrected chi connectivity index (χ1v) is 47.4. The molecule has 16 atom stereocenters. The zero-order chi connectivity index (χ0) is 95.7. The summed E-state index contributed by atoms with van der Waals surface area (Å²) in [5.74, 6) is -16.5. The van der Waals surface area contributed by atoms with Gasteiger partial charge in [-0.15, -0.1) is 0 Å². The van der Waals surface area contributed by atoms with Gasteiger partial charge in [-0.2, -0.15) is 35.3 Å². The van der Waals surface area contributed by atoms with Crippen molar-refractivity contribution in [2.45, 2.75) is 208 Å². The van der Waals surface area contributed by atoms with E-state index in [1.165, 1.54) is 121 Å². The van der Waals surface area contributed by atoms with Crippen LogP contribution in [0, 0.1) is 29.1 Å². The summed E-state index contributed by atoms with van der Waals surface area (Å²) in [4.78, 5) is 222. The summed E-state index contributed by atoms with van der Waals surface area (Å²) < 4.78 is 0. The number of amides is 10. The molecule has 16 unspecified atom stereocenters. The van der Waals surface area contributed by atoms with Crippen LogP contribution in [0.2, 0.25) is 0 Å². The minimum atomic E-state index is -1.82. The fourth-order valence-corrected chi connectivity index (χ4v) is 18.9. The van der Waals surface area contributed by atoms with Crippen LogP contribution >= 0.6 is 35.3 Å². The Hall–Kier alpha value is -12.0. The summed E-state index contributed by atoms with van der Waals surface area (Å²) in [7, 11) is 0.